The lowest BCUT2D eigenvalue weighted by atomic mass is 10.2. The van der Waals surface area contributed by atoms with Crippen molar-refractivity contribution in [3.8, 4) is 0 Å². The predicted molar refractivity (Wildman–Crippen MR) is 67.1 cm³/mol. The van der Waals surface area contributed by atoms with Gasteiger partial charge in [-0.15, -0.1) is 0 Å². The molecule has 2 rings (SSSR count). The second-order valence-corrected chi connectivity index (χ2v) is 4.48. The Bertz CT molecular complexity index is 368. The summed E-state index contributed by atoms with van der Waals surface area (Å²) in [5.41, 5.74) is 2.47. The van der Waals surface area contributed by atoms with Crippen LogP contribution in [0.4, 0.5) is 5.82 Å². The molecule has 0 fully saturated rings. The molecule has 3 N–H and O–H groups in total. The van der Waals surface area contributed by atoms with Gasteiger partial charge >= 0.3 is 0 Å². The molecule has 0 bridgehead atoms. The van der Waals surface area contributed by atoms with Gasteiger partial charge in [-0.1, -0.05) is 0 Å². The molecule has 1 aliphatic rings. The number of fused-ring (bicyclic) bond motifs is 1. The Labute approximate surface area is 102 Å². The largest absolute Gasteiger partial charge is 0.392 e. The number of rotatable bonds is 6. The van der Waals surface area contributed by atoms with E-state index in [0.717, 1.165) is 31.7 Å². The fourth-order valence-electron chi connectivity index (χ4n) is 2.09. The Hall–Kier alpha value is -1.20. The summed E-state index contributed by atoms with van der Waals surface area (Å²) in [6.45, 7) is 4.04. The van der Waals surface area contributed by atoms with Crippen LogP contribution >= 0.6 is 0 Å². The molecule has 5 heteroatoms. The molecule has 0 saturated carbocycles. The first-order chi connectivity index (χ1) is 8.27. The van der Waals surface area contributed by atoms with E-state index in [9.17, 15) is 0 Å². The van der Waals surface area contributed by atoms with Crippen LogP contribution in [0.5, 0.6) is 0 Å². The fourth-order valence-corrected chi connectivity index (χ4v) is 2.09. The molecule has 0 saturated heterocycles. The monoisotopic (exact) mass is 236 g/mol. The minimum atomic E-state index is -0.293. The van der Waals surface area contributed by atoms with Crippen molar-refractivity contribution >= 4 is 5.82 Å². The first kappa shape index (κ1) is 12.3. The van der Waals surface area contributed by atoms with E-state index in [2.05, 4.69) is 20.6 Å². The van der Waals surface area contributed by atoms with E-state index in [1.165, 1.54) is 17.7 Å². The average Bonchev–Trinajstić information content (AvgIpc) is 2.77. The van der Waals surface area contributed by atoms with Gasteiger partial charge in [-0.05, 0) is 26.2 Å². The second kappa shape index (κ2) is 5.93. The summed E-state index contributed by atoms with van der Waals surface area (Å²) in [6.07, 6.45) is 4.68. The minimum absolute atomic E-state index is 0.293. The molecule has 1 unspecified atom stereocenters. The van der Waals surface area contributed by atoms with Gasteiger partial charge in [0, 0.05) is 30.9 Å². The standard InChI is InChI=1S/C12H20N4O/c1-9(17)7-13-5-6-14-12-10-3-2-4-11(10)15-8-16-12/h8-9,13,17H,2-7H2,1H3,(H,14,15,16). The smallest absolute Gasteiger partial charge is 0.132 e. The third kappa shape index (κ3) is 3.38. The van der Waals surface area contributed by atoms with Crippen LogP contribution in [0.15, 0.2) is 6.33 Å². The lowest BCUT2D eigenvalue weighted by Gasteiger charge is -2.10. The highest BCUT2D eigenvalue weighted by Crippen LogP contribution is 2.24. The van der Waals surface area contributed by atoms with Gasteiger partial charge in [0.25, 0.3) is 0 Å². The molecule has 0 spiro atoms. The van der Waals surface area contributed by atoms with Crippen LogP contribution in [0, 0.1) is 0 Å². The molecule has 1 atom stereocenters. The SMILES string of the molecule is CC(O)CNCCNc1ncnc2c1CCC2. The number of aryl methyl sites for hydroxylation is 1. The van der Waals surface area contributed by atoms with Crippen molar-refractivity contribution in [1.82, 2.24) is 15.3 Å². The van der Waals surface area contributed by atoms with Gasteiger partial charge in [-0.2, -0.15) is 0 Å². The molecule has 94 valence electrons. The van der Waals surface area contributed by atoms with Crippen LogP contribution in [0.1, 0.15) is 24.6 Å². The predicted octanol–water partition coefficient (Wildman–Crippen LogP) is 0.348. The Kier molecular flexibility index (Phi) is 4.28. The molecule has 1 aromatic heterocycles. The number of aliphatic hydroxyl groups excluding tert-OH is 1. The topological polar surface area (TPSA) is 70.1 Å². The number of aromatic nitrogens is 2. The molecule has 1 aliphatic carbocycles. The van der Waals surface area contributed by atoms with Gasteiger partial charge in [0.2, 0.25) is 0 Å². The van der Waals surface area contributed by atoms with Crippen molar-refractivity contribution in [3.63, 3.8) is 0 Å². The second-order valence-electron chi connectivity index (χ2n) is 4.48. The highest BCUT2D eigenvalue weighted by molar-refractivity contribution is 5.47. The van der Waals surface area contributed by atoms with Crippen LogP contribution < -0.4 is 10.6 Å². The summed E-state index contributed by atoms with van der Waals surface area (Å²) in [5.74, 6) is 0.978. The summed E-state index contributed by atoms with van der Waals surface area (Å²) in [6, 6.07) is 0. The van der Waals surface area contributed by atoms with Crippen molar-refractivity contribution < 1.29 is 5.11 Å². The van der Waals surface area contributed by atoms with Crippen molar-refractivity contribution in [3.05, 3.63) is 17.6 Å². The van der Waals surface area contributed by atoms with Crippen molar-refractivity contribution in [2.45, 2.75) is 32.3 Å². The summed E-state index contributed by atoms with van der Waals surface area (Å²) in [4.78, 5) is 8.57. The minimum Gasteiger partial charge on any atom is -0.392 e. The molecule has 5 nitrogen and oxygen atoms in total. The van der Waals surface area contributed by atoms with E-state index >= 15 is 0 Å². The zero-order valence-electron chi connectivity index (χ0n) is 10.2. The zero-order chi connectivity index (χ0) is 12.1. The first-order valence-corrected chi connectivity index (χ1v) is 6.23. The number of nitrogens with one attached hydrogen (secondary N) is 2. The van der Waals surface area contributed by atoms with E-state index in [4.69, 9.17) is 5.11 Å². The van der Waals surface area contributed by atoms with Crippen LogP contribution in [0.3, 0.4) is 0 Å². The average molecular weight is 236 g/mol. The number of aliphatic hydroxyl groups is 1. The Morgan fingerprint density at radius 1 is 1.35 bits per heavy atom. The molecule has 0 amide bonds. The molecule has 0 aromatic carbocycles. The first-order valence-electron chi connectivity index (χ1n) is 6.23. The quantitative estimate of drug-likeness (QED) is 0.622. The summed E-state index contributed by atoms with van der Waals surface area (Å²) >= 11 is 0. The van der Waals surface area contributed by atoms with Gasteiger partial charge in [0.1, 0.15) is 12.1 Å². The van der Waals surface area contributed by atoms with Gasteiger partial charge in [-0.3, -0.25) is 0 Å². The normalized spacial score (nSPS) is 15.6. The van der Waals surface area contributed by atoms with Crippen LogP contribution in [-0.2, 0) is 12.8 Å². The summed E-state index contributed by atoms with van der Waals surface area (Å²) in [5, 5.41) is 15.6. The Balaban J connectivity index is 1.78. The molecular formula is C12H20N4O. The van der Waals surface area contributed by atoms with Crippen molar-refractivity contribution in [2.24, 2.45) is 0 Å². The fraction of sp³-hybridized carbons (Fsp3) is 0.667. The van der Waals surface area contributed by atoms with Gasteiger partial charge in [-0.25, -0.2) is 9.97 Å². The van der Waals surface area contributed by atoms with Crippen LogP contribution in [0.25, 0.3) is 0 Å². The summed E-state index contributed by atoms with van der Waals surface area (Å²) < 4.78 is 0. The number of nitrogens with zero attached hydrogens (tertiary/aromatic N) is 2. The molecule has 1 aromatic rings. The molecule has 0 aliphatic heterocycles. The van der Waals surface area contributed by atoms with Crippen molar-refractivity contribution in [1.29, 1.82) is 0 Å². The molecule has 1 heterocycles. The van der Waals surface area contributed by atoms with E-state index in [-0.39, 0.29) is 6.10 Å². The zero-order valence-corrected chi connectivity index (χ0v) is 10.2. The molecule has 0 radical (unpaired) electrons. The maximum absolute atomic E-state index is 9.09. The van der Waals surface area contributed by atoms with Gasteiger partial charge < -0.3 is 15.7 Å². The third-order valence-corrected chi connectivity index (χ3v) is 2.91. The Morgan fingerprint density at radius 2 is 2.24 bits per heavy atom. The van der Waals surface area contributed by atoms with Crippen LogP contribution in [-0.4, -0.2) is 40.8 Å². The number of hydrogen-bond acceptors (Lipinski definition) is 5. The van der Waals surface area contributed by atoms with Crippen LogP contribution in [0.2, 0.25) is 0 Å². The van der Waals surface area contributed by atoms with Gasteiger partial charge in [0.05, 0.1) is 6.10 Å². The maximum Gasteiger partial charge on any atom is 0.132 e. The highest BCUT2D eigenvalue weighted by atomic mass is 16.3. The third-order valence-electron chi connectivity index (χ3n) is 2.91. The van der Waals surface area contributed by atoms with E-state index in [1.807, 2.05) is 0 Å². The number of anilines is 1. The van der Waals surface area contributed by atoms with E-state index < -0.39 is 0 Å². The van der Waals surface area contributed by atoms with Gasteiger partial charge in [0.15, 0.2) is 0 Å². The number of hydrogen-bond donors (Lipinski definition) is 3. The lowest BCUT2D eigenvalue weighted by molar-refractivity contribution is 0.192. The maximum atomic E-state index is 9.09. The Morgan fingerprint density at radius 3 is 3.06 bits per heavy atom. The molecule has 17 heavy (non-hydrogen) atoms. The van der Waals surface area contributed by atoms with E-state index in [1.54, 1.807) is 13.3 Å². The summed E-state index contributed by atoms with van der Waals surface area (Å²) in [7, 11) is 0. The van der Waals surface area contributed by atoms with Crippen molar-refractivity contribution in [2.75, 3.05) is 25.0 Å². The highest BCUT2D eigenvalue weighted by Gasteiger charge is 2.16. The molecular weight excluding hydrogens is 216 g/mol. The van der Waals surface area contributed by atoms with E-state index in [0.29, 0.717) is 6.54 Å². The lowest BCUT2D eigenvalue weighted by Crippen LogP contribution is -2.29.